The Balaban J connectivity index is 1.43. The lowest BCUT2D eigenvalue weighted by atomic mass is 9.75. The summed E-state index contributed by atoms with van der Waals surface area (Å²) in [5, 5.41) is 30.8. The molecule has 2 saturated carbocycles. The number of nitrogens with one attached hydrogen (secondary N) is 3. The lowest BCUT2D eigenvalue weighted by molar-refractivity contribution is -0.138. The number of anilines is 1. The van der Waals surface area contributed by atoms with Gasteiger partial charge in [0.1, 0.15) is 17.6 Å². The van der Waals surface area contributed by atoms with Gasteiger partial charge in [0, 0.05) is 37.5 Å². The zero-order chi connectivity index (χ0) is 27.8. The molecule has 0 radical (unpaired) electrons. The molecule has 0 spiro atoms. The molecular formula is C28H42N6O4. The molecule has 6 N–H and O–H groups in total. The van der Waals surface area contributed by atoms with Crippen molar-refractivity contribution in [2.75, 3.05) is 26.4 Å². The van der Waals surface area contributed by atoms with Gasteiger partial charge in [0.15, 0.2) is 0 Å². The van der Waals surface area contributed by atoms with Crippen molar-refractivity contribution in [1.82, 2.24) is 15.1 Å². The van der Waals surface area contributed by atoms with E-state index in [9.17, 15) is 14.7 Å². The van der Waals surface area contributed by atoms with E-state index in [-0.39, 0.29) is 35.7 Å². The molecule has 1 saturated heterocycles. The van der Waals surface area contributed by atoms with Gasteiger partial charge in [0.25, 0.3) is 5.91 Å². The number of amidine groups is 1. The number of benzene rings is 1. The van der Waals surface area contributed by atoms with Gasteiger partial charge in [-0.05, 0) is 82.4 Å². The van der Waals surface area contributed by atoms with Gasteiger partial charge in [-0.3, -0.25) is 15.0 Å². The van der Waals surface area contributed by atoms with Gasteiger partial charge in [-0.25, -0.2) is 0 Å². The molecule has 1 aliphatic heterocycles. The molecule has 10 nitrogen and oxygen atoms in total. The average Bonchev–Trinajstić information content (AvgIpc) is 3.36. The van der Waals surface area contributed by atoms with Crippen LogP contribution in [0.2, 0.25) is 0 Å². The number of aliphatic hydroxyl groups is 1. The van der Waals surface area contributed by atoms with Crippen LogP contribution in [0, 0.1) is 28.1 Å². The van der Waals surface area contributed by atoms with Crippen LogP contribution in [0.1, 0.15) is 62.7 Å². The topological polar surface area (TPSA) is 156 Å². The second-order valence-corrected chi connectivity index (χ2v) is 11.8. The normalized spacial score (nSPS) is 31.6. The van der Waals surface area contributed by atoms with Crippen LogP contribution in [0.5, 0.6) is 5.75 Å². The van der Waals surface area contributed by atoms with Gasteiger partial charge in [-0.2, -0.15) is 0 Å². The van der Waals surface area contributed by atoms with Gasteiger partial charge < -0.3 is 36.1 Å². The Bertz CT molecular complexity index is 1090. The summed E-state index contributed by atoms with van der Waals surface area (Å²) in [5.74, 6) is 0.828. The van der Waals surface area contributed by atoms with E-state index in [0.29, 0.717) is 48.6 Å². The monoisotopic (exact) mass is 526 g/mol. The van der Waals surface area contributed by atoms with Crippen LogP contribution in [0.15, 0.2) is 18.2 Å². The number of hydrogen-bond acceptors (Lipinski definition) is 7. The number of carbonyl (C=O) groups excluding carboxylic acids is 2. The molecule has 6 atom stereocenters. The van der Waals surface area contributed by atoms with Gasteiger partial charge in [-0.15, -0.1) is 0 Å². The lowest BCUT2D eigenvalue weighted by Crippen LogP contribution is -2.49. The summed E-state index contributed by atoms with van der Waals surface area (Å²) in [7, 11) is 3.19. The van der Waals surface area contributed by atoms with Crippen LogP contribution >= 0.6 is 0 Å². The number of nitrogens with two attached hydrogens (primary N) is 1. The molecule has 10 heteroatoms. The van der Waals surface area contributed by atoms with E-state index < -0.39 is 17.6 Å². The fraction of sp³-hybridized carbons (Fsp3) is 0.643. The van der Waals surface area contributed by atoms with Gasteiger partial charge in [0.2, 0.25) is 5.91 Å². The highest BCUT2D eigenvalue weighted by Gasteiger charge is 2.46. The van der Waals surface area contributed by atoms with Crippen LogP contribution in [-0.4, -0.2) is 83.7 Å². The van der Waals surface area contributed by atoms with Crippen LogP contribution < -0.4 is 15.8 Å². The Hall–Kier alpha value is -3.14. The van der Waals surface area contributed by atoms with Crippen molar-refractivity contribution < 1.29 is 19.4 Å². The predicted molar refractivity (Wildman–Crippen MR) is 147 cm³/mol. The van der Waals surface area contributed by atoms with Crippen molar-refractivity contribution >= 4 is 29.6 Å². The third kappa shape index (κ3) is 5.36. The SMILES string of the molecule is COc1cc(C(=O)NC2CCC(O)C(C3CCC(N4CC(C)(C)C(=O)N(C)C(C=N)C4=N)C3)C2)ccc1N. The maximum absolute atomic E-state index is 13.0. The number of rotatable bonds is 6. The summed E-state index contributed by atoms with van der Waals surface area (Å²) in [5.41, 5.74) is 6.18. The van der Waals surface area contributed by atoms with Crippen molar-refractivity contribution in [1.29, 1.82) is 10.8 Å². The van der Waals surface area contributed by atoms with E-state index >= 15 is 0 Å². The first-order chi connectivity index (χ1) is 18.0. The highest BCUT2D eigenvalue weighted by atomic mass is 16.5. The smallest absolute Gasteiger partial charge is 0.251 e. The molecule has 6 unspecified atom stereocenters. The first kappa shape index (κ1) is 27.9. The molecule has 0 bridgehead atoms. The first-order valence-corrected chi connectivity index (χ1v) is 13.5. The molecule has 1 aromatic carbocycles. The predicted octanol–water partition coefficient (Wildman–Crippen LogP) is 2.50. The Morgan fingerprint density at radius 1 is 1.24 bits per heavy atom. The summed E-state index contributed by atoms with van der Waals surface area (Å²) < 4.78 is 5.25. The number of ether oxygens (including phenoxy) is 1. The summed E-state index contributed by atoms with van der Waals surface area (Å²) in [6.07, 6.45) is 5.40. The van der Waals surface area contributed by atoms with E-state index in [2.05, 4.69) is 5.32 Å². The van der Waals surface area contributed by atoms with E-state index in [1.165, 1.54) is 18.2 Å². The number of nitrogen functional groups attached to an aromatic ring is 1. The van der Waals surface area contributed by atoms with Crippen molar-refractivity contribution in [3.63, 3.8) is 0 Å². The van der Waals surface area contributed by atoms with Crippen LogP contribution in [-0.2, 0) is 4.79 Å². The summed E-state index contributed by atoms with van der Waals surface area (Å²) in [6.45, 7) is 4.24. The number of nitrogens with zero attached hydrogens (tertiary/aromatic N) is 2. The fourth-order valence-corrected chi connectivity index (χ4v) is 6.66. The summed E-state index contributed by atoms with van der Waals surface area (Å²) in [6, 6.07) is 4.36. The zero-order valence-corrected chi connectivity index (χ0v) is 22.9. The molecule has 3 fully saturated rings. The molecule has 2 amide bonds. The van der Waals surface area contributed by atoms with Crippen molar-refractivity contribution in [3.8, 4) is 5.75 Å². The number of aliphatic hydroxyl groups excluding tert-OH is 1. The van der Waals surface area contributed by atoms with E-state index in [1.807, 2.05) is 18.7 Å². The number of hydrogen-bond donors (Lipinski definition) is 5. The third-order valence-corrected chi connectivity index (χ3v) is 8.81. The maximum atomic E-state index is 13.0. The summed E-state index contributed by atoms with van der Waals surface area (Å²) in [4.78, 5) is 29.5. The highest BCUT2D eigenvalue weighted by Crippen LogP contribution is 2.42. The molecule has 38 heavy (non-hydrogen) atoms. The van der Waals surface area contributed by atoms with Crippen molar-refractivity contribution in [3.05, 3.63) is 23.8 Å². The Labute approximate surface area is 224 Å². The standard InChI is InChI=1S/C28H42N6O4/c1-28(2)15-34(25(31)22(14-29)33(3)27(28)37)19-8-5-16(11-19)20-13-18(7-10-23(20)35)32-26(36)17-6-9-21(30)24(12-17)38-4/h6,9,12,14,16,18-20,22-23,29,31,35H,5,7-8,10-11,13,15,30H2,1-4H3,(H,32,36). The first-order valence-electron chi connectivity index (χ1n) is 13.5. The van der Waals surface area contributed by atoms with Gasteiger partial charge in [-0.1, -0.05) is 0 Å². The number of carbonyl (C=O) groups is 2. The van der Waals surface area contributed by atoms with Gasteiger partial charge >= 0.3 is 0 Å². The zero-order valence-electron chi connectivity index (χ0n) is 22.9. The van der Waals surface area contributed by atoms with Crippen LogP contribution in [0.4, 0.5) is 5.69 Å². The van der Waals surface area contributed by atoms with Crippen molar-refractivity contribution in [2.45, 2.75) is 76.6 Å². The maximum Gasteiger partial charge on any atom is 0.251 e. The van der Waals surface area contributed by atoms with Gasteiger partial charge in [0.05, 0.1) is 24.3 Å². The fourth-order valence-electron chi connectivity index (χ4n) is 6.66. The quantitative estimate of drug-likeness (QED) is 0.283. The molecule has 208 valence electrons. The van der Waals surface area contributed by atoms with E-state index in [0.717, 1.165) is 19.3 Å². The van der Waals surface area contributed by atoms with Crippen molar-refractivity contribution in [2.24, 2.45) is 17.3 Å². The average molecular weight is 527 g/mol. The third-order valence-electron chi connectivity index (χ3n) is 8.81. The lowest BCUT2D eigenvalue weighted by Gasteiger charge is -2.38. The van der Waals surface area contributed by atoms with Crippen LogP contribution in [0.3, 0.4) is 0 Å². The number of methoxy groups -OCH3 is 1. The molecule has 4 rings (SSSR count). The van der Waals surface area contributed by atoms with E-state index in [1.54, 1.807) is 25.2 Å². The molecule has 0 aromatic heterocycles. The molecule has 3 aliphatic rings. The second kappa shape index (κ2) is 10.9. The number of likely N-dealkylation sites (N-methyl/N-ethyl adjacent to an activating group) is 1. The Morgan fingerprint density at radius 2 is 1.97 bits per heavy atom. The minimum absolute atomic E-state index is 0.0394. The molecule has 1 heterocycles. The summed E-state index contributed by atoms with van der Waals surface area (Å²) >= 11 is 0. The molecular weight excluding hydrogens is 484 g/mol. The van der Waals surface area contributed by atoms with Crippen LogP contribution in [0.25, 0.3) is 0 Å². The minimum Gasteiger partial charge on any atom is -0.495 e. The number of amides is 2. The molecule has 2 aliphatic carbocycles. The second-order valence-electron chi connectivity index (χ2n) is 11.8. The minimum atomic E-state index is -0.671. The van der Waals surface area contributed by atoms with E-state index in [4.69, 9.17) is 21.3 Å². The largest absolute Gasteiger partial charge is 0.495 e. The highest BCUT2D eigenvalue weighted by molar-refractivity contribution is 6.04. The Kier molecular flexibility index (Phi) is 8.01. The molecule has 1 aromatic rings. The Morgan fingerprint density at radius 3 is 2.66 bits per heavy atom.